The standard InChI is InChI=1S/C11H24N2OS/c1-5-7-15-9(3)8-11(4,10(12)14)13-6-2/h9,13H,5-8H2,1-4H3,(H2,12,14). The van der Waals surface area contributed by atoms with Gasteiger partial charge in [-0.05, 0) is 32.1 Å². The van der Waals surface area contributed by atoms with Crippen LogP contribution in [-0.2, 0) is 4.79 Å². The fourth-order valence-electron chi connectivity index (χ4n) is 1.60. The average Bonchev–Trinajstić information content (AvgIpc) is 2.14. The van der Waals surface area contributed by atoms with Crippen LogP contribution in [0.2, 0.25) is 0 Å². The van der Waals surface area contributed by atoms with E-state index in [2.05, 4.69) is 19.2 Å². The molecular formula is C11H24N2OS. The van der Waals surface area contributed by atoms with Gasteiger partial charge in [0.15, 0.2) is 0 Å². The predicted molar refractivity (Wildman–Crippen MR) is 68.1 cm³/mol. The lowest BCUT2D eigenvalue weighted by atomic mass is 9.95. The van der Waals surface area contributed by atoms with Crippen LogP contribution in [0.3, 0.4) is 0 Å². The molecule has 0 spiro atoms. The second-order valence-electron chi connectivity index (χ2n) is 4.11. The first-order valence-corrected chi connectivity index (χ1v) is 6.67. The van der Waals surface area contributed by atoms with Gasteiger partial charge in [0, 0.05) is 5.25 Å². The second kappa shape index (κ2) is 7.12. The first kappa shape index (κ1) is 14.8. The van der Waals surface area contributed by atoms with E-state index in [1.54, 1.807) is 0 Å². The third-order valence-electron chi connectivity index (χ3n) is 2.41. The lowest BCUT2D eigenvalue weighted by molar-refractivity contribution is -0.124. The Hall–Kier alpha value is -0.220. The van der Waals surface area contributed by atoms with Crippen molar-refractivity contribution < 1.29 is 4.79 Å². The van der Waals surface area contributed by atoms with Gasteiger partial charge in [0.2, 0.25) is 5.91 Å². The van der Waals surface area contributed by atoms with E-state index in [4.69, 9.17) is 5.73 Å². The van der Waals surface area contributed by atoms with E-state index in [1.165, 1.54) is 6.42 Å². The second-order valence-corrected chi connectivity index (χ2v) is 5.66. The molecule has 0 aromatic carbocycles. The molecule has 0 heterocycles. The molecule has 3 N–H and O–H groups in total. The summed E-state index contributed by atoms with van der Waals surface area (Å²) in [4.78, 5) is 11.4. The van der Waals surface area contributed by atoms with Gasteiger partial charge < -0.3 is 11.1 Å². The molecular weight excluding hydrogens is 208 g/mol. The first-order valence-electron chi connectivity index (χ1n) is 5.62. The van der Waals surface area contributed by atoms with E-state index < -0.39 is 5.54 Å². The van der Waals surface area contributed by atoms with Gasteiger partial charge in [0.05, 0.1) is 5.54 Å². The van der Waals surface area contributed by atoms with Crippen LogP contribution in [0.15, 0.2) is 0 Å². The third kappa shape index (κ3) is 5.42. The van der Waals surface area contributed by atoms with Gasteiger partial charge in [-0.1, -0.05) is 20.8 Å². The average molecular weight is 232 g/mol. The Bertz CT molecular complexity index is 199. The normalized spacial score (nSPS) is 17.1. The Morgan fingerprint density at radius 1 is 1.53 bits per heavy atom. The molecule has 15 heavy (non-hydrogen) atoms. The summed E-state index contributed by atoms with van der Waals surface area (Å²) in [5.41, 5.74) is 4.86. The highest BCUT2D eigenvalue weighted by Gasteiger charge is 2.31. The topological polar surface area (TPSA) is 55.1 Å². The van der Waals surface area contributed by atoms with E-state index in [9.17, 15) is 4.79 Å². The van der Waals surface area contributed by atoms with Crippen LogP contribution >= 0.6 is 11.8 Å². The summed E-state index contributed by atoms with van der Waals surface area (Å²) >= 11 is 1.90. The molecule has 3 nitrogen and oxygen atoms in total. The van der Waals surface area contributed by atoms with Crippen molar-refractivity contribution in [2.24, 2.45) is 5.73 Å². The van der Waals surface area contributed by atoms with Crippen LogP contribution in [0.4, 0.5) is 0 Å². The van der Waals surface area contributed by atoms with Crippen molar-refractivity contribution in [1.82, 2.24) is 5.32 Å². The fourth-order valence-corrected chi connectivity index (χ4v) is 2.69. The molecule has 0 aromatic rings. The van der Waals surface area contributed by atoms with E-state index in [-0.39, 0.29) is 5.91 Å². The largest absolute Gasteiger partial charge is 0.368 e. The number of amides is 1. The molecule has 0 aliphatic heterocycles. The minimum atomic E-state index is -0.561. The zero-order valence-electron chi connectivity index (χ0n) is 10.3. The smallest absolute Gasteiger partial charge is 0.237 e. The molecule has 90 valence electrons. The maximum atomic E-state index is 11.4. The zero-order chi connectivity index (χ0) is 11.9. The van der Waals surface area contributed by atoms with Gasteiger partial charge in [-0.3, -0.25) is 4.79 Å². The Kier molecular flexibility index (Phi) is 7.02. The predicted octanol–water partition coefficient (Wildman–Crippen LogP) is 1.76. The number of carbonyl (C=O) groups excluding carboxylic acids is 1. The van der Waals surface area contributed by atoms with Gasteiger partial charge in [-0.15, -0.1) is 0 Å². The number of likely N-dealkylation sites (N-methyl/N-ethyl adjacent to an activating group) is 1. The summed E-state index contributed by atoms with van der Waals surface area (Å²) in [7, 11) is 0. The van der Waals surface area contributed by atoms with Crippen LogP contribution < -0.4 is 11.1 Å². The molecule has 0 bridgehead atoms. The zero-order valence-corrected chi connectivity index (χ0v) is 11.1. The molecule has 0 aliphatic carbocycles. The van der Waals surface area contributed by atoms with E-state index in [1.807, 2.05) is 25.6 Å². The van der Waals surface area contributed by atoms with Crippen molar-refractivity contribution in [1.29, 1.82) is 0 Å². The highest BCUT2D eigenvalue weighted by molar-refractivity contribution is 7.99. The lowest BCUT2D eigenvalue weighted by Crippen LogP contribution is -2.54. The molecule has 0 saturated carbocycles. The number of nitrogens with two attached hydrogens (primary N) is 1. The SMILES string of the molecule is CCCSC(C)CC(C)(NCC)C(N)=O. The van der Waals surface area contributed by atoms with Crippen LogP contribution in [0, 0.1) is 0 Å². The van der Waals surface area contributed by atoms with Crippen LogP contribution in [-0.4, -0.2) is 29.0 Å². The van der Waals surface area contributed by atoms with Gasteiger partial charge in [0.1, 0.15) is 0 Å². The third-order valence-corrected chi connectivity index (χ3v) is 3.79. The Morgan fingerprint density at radius 2 is 2.13 bits per heavy atom. The maximum absolute atomic E-state index is 11.4. The Labute approximate surface area is 97.6 Å². The maximum Gasteiger partial charge on any atom is 0.237 e. The summed E-state index contributed by atoms with van der Waals surface area (Å²) in [6, 6.07) is 0. The summed E-state index contributed by atoms with van der Waals surface area (Å²) in [6.45, 7) is 8.97. The van der Waals surface area contributed by atoms with Crippen molar-refractivity contribution in [2.45, 2.75) is 51.3 Å². The van der Waals surface area contributed by atoms with Gasteiger partial charge in [-0.2, -0.15) is 11.8 Å². The molecule has 0 saturated heterocycles. The van der Waals surface area contributed by atoms with E-state index in [0.29, 0.717) is 5.25 Å². The number of hydrogen-bond donors (Lipinski definition) is 2. The summed E-state index contributed by atoms with van der Waals surface area (Å²) < 4.78 is 0. The quantitative estimate of drug-likeness (QED) is 0.670. The molecule has 0 radical (unpaired) electrons. The summed E-state index contributed by atoms with van der Waals surface area (Å²) in [5, 5.41) is 3.64. The van der Waals surface area contributed by atoms with Crippen molar-refractivity contribution in [3.8, 4) is 0 Å². The number of nitrogens with one attached hydrogen (secondary N) is 1. The number of thioether (sulfide) groups is 1. The van der Waals surface area contributed by atoms with Crippen LogP contribution in [0.5, 0.6) is 0 Å². The molecule has 4 heteroatoms. The highest BCUT2D eigenvalue weighted by Crippen LogP contribution is 2.22. The van der Waals surface area contributed by atoms with Gasteiger partial charge in [-0.25, -0.2) is 0 Å². The molecule has 0 aliphatic rings. The molecule has 1 amide bonds. The highest BCUT2D eigenvalue weighted by atomic mass is 32.2. The number of hydrogen-bond acceptors (Lipinski definition) is 3. The van der Waals surface area contributed by atoms with Crippen molar-refractivity contribution in [3.63, 3.8) is 0 Å². The lowest BCUT2D eigenvalue weighted by Gasteiger charge is -2.29. The van der Waals surface area contributed by atoms with Crippen molar-refractivity contribution in [2.75, 3.05) is 12.3 Å². The van der Waals surface area contributed by atoms with Gasteiger partial charge in [0.25, 0.3) is 0 Å². The molecule has 0 rings (SSSR count). The molecule has 2 unspecified atom stereocenters. The molecule has 0 fully saturated rings. The van der Waals surface area contributed by atoms with Gasteiger partial charge >= 0.3 is 0 Å². The van der Waals surface area contributed by atoms with Crippen molar-refractivity contribution in [3.05, 3.63) is 0 Å². The van der Waals surface area contributed by atoms with E-state index >= 15 is 0 Å². The number of rotatable bonds is 8. The van der Waals surface area contributed by atoms with Crippen molar-refractivity contribution >= 4 is 17.7 Å². The Morgan fingerprint density at radius 3 is 2.53 bits per heavy atom. The molecule has 2 atom stereocenters. The fraction of sp³-hybridized carbons (Fsp3) is 0.909. The monoisotopic (exact) mass is 232 g/mol. The molecule has 0 aromatic heterocycles. The minimum Gasteiger partial charge on any atom is -0.368 e. The summed E-state index contributed by atoms with van der Waals surface area (Å²) in [5.74, 6) is 0.885. The minimum absolute atomic E-state index is 0.256. The summed E-state index contributed by atoms with van der Waals surface area (Å²) in [6.07, 6.45) is 1.96. The first-order chi connectivity index (χ1) is 6.96. The van der Waals surface area contributed by atoms with Crippen LogP contribution in [0.1, 0.15) is 40.5 Å². The van der Waals surface area contributed by atoms with Crippen LogP contribution in [0.25, 0.3) is 0 Å². The Balaban J connectivity index is 4.21. The van der Waals surface area contributed by atoms with E-state index in [0.717, 1.165) is 18.7 Å². The number of carbonyl (C=O) groups is 1. The number of primary amides is 1.